The number of carbonyl (C=O) groups is 1. The van der Waals surface area contributed by atoms with Crippen LogP contribution in [0.1, 0.15) is 27.7 Å². The smallest absolute Gasteiger partial charge is 0.202 e. The second kappa shape index (κ2) is 7.20. The number of hydrogen-bond donors (Lipinski definition) is 0. The second-order valence-electron chi connectivity index (χ2n) is 5.38. The maximum Gasteiger partial charge on any atom is 0.202 e. The Kier molecular flexibility index (Phi) is 5.03. The number of rotatable bonds is 5. The second-order valence-corrected chi connectivity index (χ2v) is 6.87. The number of methoxy groups -OCH3 is 1. The molecule has 1 heterocycles. The summed E-state index contributed by atoms with van der Waals surface area (Å²) in [5.74, 6) is 0.784. The van der Waals surface area contributed by atoms with E-state index in [0.717, 1.165) is 27.5 Å². The van der Waals surface area contributed by atoms with Gasteiger partial charge in [0.15, 0.2) is 0 Å². The van der Waals surface area contributed by atoms with Gasteiger partial charge in [-0.1, -0.05) is 30.7 Å². The van der Waals surface area contributed by atoms with E-state index in [1.165, 1.54) is 16.9 Å². The van der Waals surface area contributed by atoms with Crippen LogP contribution in [0.2, 0.25) is 5.02 Å². The lowest BCUT2D eigenvalue weighted by Gasteiger charge is -2.02. The van der Waals surface area contributed by atoms with E-state index in [1.807, 2.05) is 42.5 Å². The van der Waals surface area contributed by atoms with E-state index in [2.05, 4.69) is 6.92 Å². The number of carbonyl (C=O) groups excluding carboxylic acids is 1. The Morgan fingerprint density at radius 2 is 1.75 bits per heavy atom. The standard InChI is InChI=1S/C20H17ClO2S/c1-3-13-12-18(19(22)14-6-10-17(23-2)11-7-14)24-20(13)15-4-8-16(21)9-5-15/h4-12H,3H2,1-2H3. The highest BCUT2D eigenvalue weighted by Gasteiger charge is 2.16. The van der Waals surface area contributed by atoms with Crippen LogP contribution >= 0.6 is 22.9 Å². The van der Waals surface area contributed by atoms with Crippen LogP contribution in [0.5, 0.6) is 5.75 Å². The van der Waals surface area contributed by atoms with Gasteiger partial charge in [-0.2, -0.15) is 0 Å². The predicted molar refractivity (Wildman–Crippen MR) is 101 cm³/mol. The fraction of sp³-hybridized carbons (Fsp3) is 0.150. The first-order valence-electron chi connectivity index (χ1n) is 7.69. The SMILES string of the molecule is CCc1cc(C(=O)c2ccc(OC)cc2)sc1-c1ccc(Cl)cc1. The van der Waals surface area contributed by atoms with Gasteiger partial charge in [-0.25, -0.2) is 0 Å². The van der Waals surface area contributed by atoms with Crippen molar-refractivity contribution in [2.45, 2.75) is 13.3 Å². The van der Waals surface area contributed by atoms with Gasteiger partial charge in [-0.05, 0) is 60.0 Å². The third kappa shape index (κ3) is 3.37. The zero-order valence-corrected chi connectivity index (χ0v) is 15.1. The van der Waals surface area contributed by atoms with Gasteiger partial charge in [0.25, 0.3) is 0 Å². The summed E-state index contributed by atoms with van der Waals surface area (Å²) in [4.78, 5) is 14.6. The molecule has 4 heteroatoms. The molecule has 0 spiro atoms. The van der Waals surface area contributed by atoms with Gasteiger partial charge >= 0.3 is 0 Å². The van der Waals surface area contributed by atoms with E-state index in [0.29, 0.717) is 10.6 Å². The number of halogens is 1. The van der Waals surface area contributed by atoms with Crippen LogP contribution in [-0.4, -0.2) is 12.9 Å². The van der Waals surface area contributed by atoms with Crippen molar-refractivity contribution in [1.82, 2.24) is 0 Å². The molecule has 0 N–H and O–H groups in total. The van der Waals surface area contributed by atoms with E-state index in [-0.39, 0.29) is 5.78 Å². The third-order valence-electron chi connectivity index (χ3n) is 3.87. The Hall–Kier alpha value is -2.10. The number of aryl methyl sites for hydroxylation is 1. The lowest BCUT2D eigenvalue weighted by Crippen LogP contribution is -1.98. The molecular formula is C20H17ClO2S. The summed E-state index contributed by atoms with van der Waals surface area (Å²) in [5.41, 5.74) is 2.94. The average Bonchev–Trinajstić information content (AvgIpc) is 3.06. The van der Waals surface area contributed by atoms with E-state index >= 15 is 0 Å². The van der Waals surface area contributed by atoms with Crippen molar-refractivity contribution >= 4 is 28.7 Å². The van der Waals surface area contributed by atoms with E-state index in [9.17, 15) is 4.79 Å². The van der Waals surface area contributed by atoms with Gasteiger partial charge < -0.3 is 4.74 Å². The fourth-order valence-corrected chi connectivity index (χ4v) is 3.88. The molecule has 2 nitrogen and oxygen atoms in total. The summed E-state index contributed by atoms with van der Waals surface area (Å²) in [5, 5.41) is 0.711. The van der Waals surface area contributed by atoms with Crippen LogP contribution in [0.15, 0.2) is 54.6 Å². The van der Waals surface area contributed by atoms with Crippen LogP contribution in [0.25, 0.3) is 10.4 Å². The molecule has 24 heavy (non-hydrogen) atoms. The fourth-order valence-electron chi connectivity index (χ4n) is 2.53. The highest BCUT2D eigenvalue weighted by molar-refractivity contribution is 7.17. The number of ether oxygens (including phenoxy) is 1. The number of benzene rings is 2. The molecule has 3 aromatic rings. The number of hydrogen-bond acceptors (Lipinski definition) is 3. The van der Waals surface area contributed by atoms with Gasteiger partial charge in [0.05, 0.1) is 12.0 Å². The van der Waals surface area contributed by atoms with Crippen molar-refractivity contribution in [2.24, 2.45) is 0 Å². The maximum absolute atomic E-state index is 12.8. The summed E-state index contributed by atoms with van der Waals surface area (Å²) < 4.78 is 5.14. The van der Waals surface area contributed by atoms with Gasteiger partial charge in [0, 0.05) is 15.5 Å². The topological polar surface area (TPSA) is 26.3 Å². The first kappa shape index (κ1) is 16.7. The minimum atomic E-state index is 0.0394. The van der Waals surface area contributed by atoms with Crippen LogP contribution in [0, 0.1) is 0 Å². The molecule has 122 valence electrons. The molecule has 0 radical (unpaired) electrons. The van der Waals surface area contributed by atoms with Gasteiger partial charge in [-0.3, -0.25) is 4.79 Å². The van der Waals surface area contributed by atoms with E-state index < -0.39 is 0 Å². The van der Waals surface area contributed by atoms with E-state index in [4.69, 9.17) is 16.3 Å². The summed E-state index contributed by atoms with van der Waals surface area (Å²) in [7, 11) is 1.61. The predicted octanol–water partition coefficient (Wildman–Crippen LogP) is 5.87. The molecule has 0 saturated carbocycles. The Balaban J connectivity index is 1.96. The van der Waals surface area contributed by atoms with Crippen LogP contribution < -0.4 is 4.74 Å². The highest BCUT2D eigenvalue weighted by atomic mass is 35.5. The van der Waals surface area contributed by atoms with Gasteiger partial charge in [-0.15, -0.1) is 11.3 Å². The minimum absolute atomic E-state index is 0.0394. The Morgan fingerprint density at radius 3 is 2.33 bits per heavy atom. The zero-order valence-electron chi connectivity index (χ0n) is 13.5. The normalized spacial score (nSPS) is 10.6. The molecule has 0 bridgehead atoms. The van der Waals surface area contributed by atoms with Crippen molar-refractivity contribution < 1.29 is 9.53 Å². The Labute approximate surface area is 150 Å². The average molecular weight is 357 g/mol. The Bertz CT molecular complexity index is 848. The third-order valence-corrected chi connectivity index (χ3v) is 5.35. The van der Waals surface area contributed by atoms with Crippen molar-refractivity contribution in [2.75, 3.05) is 7.11 Å². The summed E-state index contributed by atoms with van der Waals surface area (Å²) >= 11 is 7.50. The quantitative estimate of drug-likeness (QED) is 0.534. The van der Waals surface area contributed by atoms with E-state index in [1.54, 1.807) is 19.2 Å². The molecule has 0 unspecified atom stereocenters. The van der Waals surface area contributed by atoms with Gasteiger partial charge in [0.1, 0.15) is 5.75 Å². The molecule has 0 aliphatic heterocycles. The highest BCUT2D eigenvalue weighted by Crippen LogP contribution is 2.35. The van der Waals surface area contributed by atoms with Crippen LogP contribution in [0.3, 0.4) is 0 Å². The lowest BCUT2D eigenvalue weighted by molar-refractivity contribution is 0.104. The maximum atomic E-state index is 12.8. The molecule has 0 amide bonds. The molecule has 0 aliphatic carbocycles. The first-order chi connectivity index (χ1) is 11.6. The molecule has 1 aromatic heterocycles. The number of thiophene rings is 1. The molecule has 2 aromatic carbocycles. The molecule has 3 rings (SSSR count). The molecule has 0 atom stereocenters. The largest absolute Gasteiger partial charge is 0.497 e. The van der Waals surface area contributed by atoms with Gasteiger partial charge in [0.2, 0.25) is 5.78 Å². The van der Waals surface area contributed by atoms with Crippen molar-refractivity contribution in [1.29, 1.82) is 0 Å². The first-order valence-corrected chi connectivity index (χ1v) is 8.89. The molecule has 0 saturated heterocycles. The molecule has 0 aliphatic rings. The lowest BCUT2D eigenvalue weighted by atomic mass is 10.1. The minimum Gasteiger partial charge on any atom is -0.497 e. The molecular weight excluding hydrogens is 340 g/mol. The van der Waals surface area contributed by atoms with Crippen molar-refractivity contribution in [3.8, 4) is 16.2 Å². The monoisotopic (exact) mass is 356 g/mol. The summed E-state index contributed by atoms with van der Waals surface area (Å²) in [6.45, 7) is 2.10. The number of ketones is 1. The zero-order chi connectivity index (χ0) is 17.1. The summed E-state index contributed by atoms with van der Waals surface area (Å²) in [6.07, 6.45) is 0.879. The summed E-state index contributed by atoms with van der Waals surface area (Å²) in [6, 6.07) is 17.0. The Morgan fingerprint density at radius 1 is 1.08 bits per heavy atom. The van der Waals surface area contributed by atoms with Crippen molar-refractivity contribution in [3.05, 3.63) is 75.6 Å². The van der Waals surface area contributed by atoms with Crippen LogP contribution in [-0.2, 0) is 6.42 Å². The molecule has 0 fully saturated rings. The van der Waals surface area contributed by atoms with Crippen LogP contribution in [0.4, 0.5) is 0 Å². The van der Waals surface area contributed by atoms with Crippen molar-refractivity contribution in [3.63, 3.8) is 0 Å².